The fourth-order valence-corrected chi connectivity index (χ4v) is 4.51. The summed E-state index contributed by atoms with van der Waals surface area (Å²) in [7, 11) is 0. The highest BCUT2D eigenvalue weighted by atomic mass is 19.4. The molecule has 0 bridgehead atoms. The van der Waals surface area contributed by atoms with Crippen molar-refractivity contribution in [3.63, 3.8) is 0 Å². The fourth-order valence-electron chi connectivity index (χ4n) is 4.51. The number of carbonyl (C=O) groups is 4. The van der Waals surface area contributed by atoms with Gasteiger partial charge in [0.15, 0.2) is 0 Å². The number of para-hydroxylation sites is 1. The summed E-state index contributed by atoms with van der Waals surface area (Å²) in [6, 6.07) is 17.0. The minimum Gasteiger partial charge on any atom is -0.489 e. The maximum atomic E-state index is 13.0. The van der Waals surface area contributed by atoms with Crippen molar-refractivity contribution >= 4 is 34.7 Å². The van der Waals surface area contributed by atoms with Crippen LogP contribution in [-0.2, 0) is 21.0 Å². The van der Waals surface area contributed by atoms with Gasteiger partial charge >= 0.3 is 24.3 Å². The van der Waals surface area contributed by atoms with Crippen molar-refractivity contribution in [2.24, 2.45) is 0 Å². The number of halogens is 6. The second-order valence-corrected chi connectivity index (χ2v) is 10.4. The molecule has 48 heavy (non-hydrogen) atoms. The molecular weight excluding hydrogens is 658 g/mol. The zero-order valence-electron chi connectivity index (χ0n) is 25.2. The zero-order chi connectivity index (χ0) is 36.1. The van der Waals surface area contributed by atoms with Gasteiger partial charge in [0.25, 0.3) is 5.91 Å². The van der Waals surface area contributed by atoms with E-state index in [1.807, 2.05) is 37.3 Å². The third kappa shape index (κ3) is 12.7. The lowest BCUT2D eigenvalue weighted by Gasteiger charge is -2.33. The molecule has 12 nitrogen and oxygen atoms in total. The van der Waals surface area contributed by atoms with Crippen LogP contribution in [-0.4, -0.2) is 75.1 Å². The van der Waals surface area contributed by atoms with Gasteiger partial charge in [0.05, 0.1) is 17.5 Å². The van der Waals surface area contributed by atoms with Gasteiger partial charge in [-0.1, -0.05) is 18.2 Å². The van der Waals surface area contributed by atoms with Crippen LogP contribution in [0.1, 0.15) is 47.3 Å². The Morgan fingerprint density at radius 2 is 1.50 bits per heavy atom. The van der Waals surface area contributed by atoms with E-state index in [9.17, 15) is 35.9 Å². The van der Waals surface area contributed by atoms with E-state index < -0.39 is 35.7 Å². The highest BCUT2D eigenvalue weighted by Crippen LogP contribution is 2.26. The molecule has 18 heteroatoms. The van der Waals surface area contributed by atoms with Crippen LogP contribution in [0, 0.1) is 6.92 Å². The molecule has 1 saturated heterocycles. The van der Waals surface area contributed by atoms with Crippen molar-refractivity contribution in [1.82, 2.24) is 21.1 Å². The lowest BCUT2D eigenvalue weighted by atomic mass is 9.86. The number of hydrogen-bond donors (Lipinski definition) is 6. The molecule has 2 amide bonds. The van der Waals surface area contributed by atoms with Crippen molar-refractivity contribution in [2.45, 2.75) is 57.1 Å². The van der Waals surface area contributed by atoms with Gasteiger partial charge in [-0.05, 0) is 75.7 Å². The Bertz CT molecular complexity index is 1530. The lowest BCUT2D eigenvalue weighted by molar-refractivity contribution is -0.193. The Hall–Kier alpha value is -4.97. The molecule has 1 aliphatic rings. The highest BCUT2D eigenvalue weighted by Gasteiger charge is 2.39. The maximum Gasteiger partial charge on any atom is 0.490 e. The second-order valence-electron chi connectivity index (χ2n) is 10.4. The van der Waals surface area contributed by atoms with Crippen molar-refractivity contribution in [1.29, 1.82) is 0 Å². The van der Waals surface area contributed by atoms with Crippen LogP contribution in [0.25, 0.3) is 10.9 Å². The number of rotatable bonds is 7. The Morgan fingerprint density at radius 1 is 0.917 bits per heavy atom. The van der Waals surface area contributed by atoms with E-state index in [0.717, 1.165) is 35.1 Å². The number of ether oxygens (including phenoxy) is 1. The van der Waals surface area contributed by atoms with Crippen LogP contribution in [0.15, 0.2) is 54.6 Å². The van der Waals surface area contributed by atoms with Crippen molar-refractivity contribution < 1.29 is 65.7 Å². The highest BCUT2D eigenvalue weighted by molar-refractivity contribution is 5.95. The van der Waals surface area contributed by atoms with E-state index in [-0.39, 0.29) is 12.3 Å². The molecule has 2 aromatic carbocycles. The molecule has 1 atom stereocenters. The number of nitrogens with one attached hydrogen (secondary N) is 3. The quantitative estimate of drug-likeness (QED) is 0.117. The molecule has 4 rings (SSSR count). The average molecular weight is 691 g/mol. The summed E-state index contributed by atoms with van der Waals surface area (Å²) in [6.45, 7) is 3.87. The number of nitrogens with zero attached hydrogens (tertiary/aromatic N) is 1. The Kier molecular flexibility index (Phi) is 14.1. The minimum atomic E-state index is -5.08. The molecule has 0 saturated carbocycles. The van der Waals surface area contributed by atoms with Crippen LogP contribution >= 0.6 is 0 Å². The average Bonchev–Trinajstić information content (AvgIpc) is 3.24. The summed E-state index contributed by atoms with van der Waals surface area (Å²) >= 11 is 0. The number of fused-ring (bicyclic) bond motifs is 1. The Labute approximate surface area is 269 Å². The first-order chi connectivity index (χ1) is 22.4. The number of alkyl halides is 6. The smallest absolute Gasteiger partial charge is 0.489 e. The first-order valence-corrected chi connectivity index (χ1v) is 14.0. The predicted molar refractivity (Wildman–Crippen MR) is 156 cm³/mol. The van der Waals surface area contributed by atoms with Crippen molar-refractivity contribution in [3.05, 3.63) is 71.4 Å². The minimum absolute atomic E-state index is 0.0252. The van der Waals surface area contributed by atoms with E-state index in [1.165, 1.54) is 0 Å². The van der Waals surface area contributed by atoms with E-state index in [1.54, 1.807) is 29.7 Å². The summed E-state index contributed by atoms with van der Waals surface area (Å²) in [5.41, 5.74) is 4.39. The van der Waals surface area contributed by atoms with Gasteiger partial charge < -0.3 is 25.6 Å². The number of carbonyl (C=O) groups excluding carboxylic acids is 2. The number of aliphatic carboxylic acids is 2. The normalized spacial score (nSPS) is 16.2. The Morgan fingerprint density at radius 3 is 2.06 bits per heavy atom. The van der Waals surface area contributed by atoms with Crippen LogP contribution in [0.2, 0.25) is 0 Å². The second kappa shape index (κ2) is 17.3. The molecule has 0 aliphatic carbocycles. The molecule has 0 radical (unpaired) electrons. The molecule has 0 spiro atoms. The molecule has 1 aliphatic heterocycles. The number of pyridine rings is 1. The van der Waals surface area contributed by atoms with Crippen LogP contribution in [0.5, 0.6) is 5.75 Å². The first-order valence-electron chi connectivity index (χ1n) is 14.0. The van der Waals surface area contributed by atoms with E-state index in [2.05, 4.69) is 15.6 Å². The summed E-state index contributed by atoms with van der Waals surface area (Å²) in [4.78, 5) is 47.3. The van der Waals surface area contributed by atoms with Crippen molar-refractivity contribution in [2.75, 3.05) is 13.1 Å². The molecule has 262 valence electrons. The van der Waals surface area contributed by atoms with Gasteiger partial charge in [-0.2, -0.15) is 26.3 Å². The molecule has 1 fully saturated rings. The number of hydroxylamine groups is 1. The van der Waals surface area contributed by atoms with E-state index in [0.29, 0.717) is 37.3 Å². The standard InChI is InChI=1S/C26H30N4O4.2C2HF3O2/c1-18-15-20(22-5-2-3-6-23(22)28-18)17-34-21-9-7-19(8-10-21)25(32)29-26(16-24(31)30-33)11-4-13-27-14-12-26;2*3-2(4,5)1(6)7/h2-3,5-10,15,27,33H,4,11-14,16-17H2,1H3,(H,29,32)(H,30,31);2*(H,6,7). The topological polar surface area (TPSA) is 187 Å². The van der Waals surface area contributed by atoms with E-state index >= 15 is 0 Å². The molecule has 2 heterocycles. The summed E-state index contributed by atoms with van der Waals surface area (Å²) in [6.07, 6.45) is -8.06. The number of carboxylic acid groups (broad SMARTS) is 2. The maximum absolute atomic E-state index is 13.0. The molecule has 3 aromatic rings. The van der Waals surface area contributed by atoms with Gasteiger partial charge in [0.2, 0.25) is 5.91 Å². The number of benzene rings is 2. The summed E-state index contributed by atoms with van der Waals surface area (Å²) < 4.78 is 69.5. The van der Waals surface area contributed by atoms with Gasteiger partial charge in [-0.3, -0.25) is 19.8 Å². The monoisotopic (exact) mass is 690 g/mol. The molecular formula is C30H32F6N4O8. The molecule has 1 aromatic heterocycles. The van der Waals surface area contributed by atoms with Crippen molar-refractivity contribution in [3.8, 4) is 5.75 Å². The SMILES string of the molecule is Cc1cc(COc2ccc(C(=O)NC3(CC(=O)NO)CCCNCC3)cc2)c2ccccc2n1.O=C(O)C(F)(F)F.O=C(O)C(F)(F)F. The number of carboxylic acids is 2. The zero-order valence-corrected chi connectivity index (χ0v) is 25.2. The third-order valence-electron chi connectivity index (χ3n) is 6.72. The summed E-state index contributed by atoms with van der Waals surface area (Å²) in [5, 5.41) is 30.6. The van der Waals surface area contributed by atoms with Gasteiger partial charge in [-0.25, -0.2) is 15.1 Å². The van der Waals surface area contributed by atoms with Gasteiger partial charge in [-0.15, -0.1) is 0 Å². The summed E-state index contributed by atoms with van der Waals surface area (Å²) in [5.74, 6) is -5.62. The van der Waals surface area contributed by atoms with Gasteiger partial charge in [0, 0.05) is 22.2 Å². The largest absolute Gasteiger partial charge is 0.490 e. The molecule has 1 unspecified atom stereocenters. The van der Waals surface area contributed by atoms with Crippen LogP contribution < -0.4 is 20.9 Å². The number of aryl methyl sites for hydroxylation is 1. The Balaban J connectivity index is 0.000000479. The number of amides is 2. The number of hydrogen-bond acceptors (Lipinski definition) is 8. The molecule has 6 N–H and O–H groups in total. The third-order valence-corrected chi connectivity index (χ3v) is 6.72. The predicted octanol–water partition coefficient (Wildman–Crippen LogP) is 4.53. The van der Waals surface area contributed by atoms with Crippen LogP contribution in [0.4, 0.5) is 26.3 Å². The van der Waals surface area contributed by atoms with Gasteiger partial charge in [0.1, 0.15) is 12.4 Å². The first kappa shape index (κ1) is 39.2. The lowest BCUT2D eigenvalue weighted by Crippen LogP contribution is -2.51. The fraction of sp³-hybridized carbons (Fsp3) is 0.367. The van der Waals surface area contributed by atoms with E-state index in [4.69, 9.17) is 29.7 Å². The number of aromatic nitrogens is 1. The van der Waals surface area contributed by atoms with Crippen LogP contribution in [0.3, 0.4) is 0 Å².